The Balaban J connectivity index is 1.73. The topological polar surface area (TPSA) is 34.1 Å². The first kappa shape index (κ1) is 11.4. The molecular formula is C13H20N2O. The molecule has 1 saturated carbocycles. The molecule has 2 unspecified atom stereocenters. The van der Waals surface area contributed by atoms with Crippen LogP contribution in [0.25, 0.3) is 0 Å². The number of pyridine rings is 1. The highest BCUT2D eigenvalue weighted by Crippen LogP contribution is 2.34. The zero-order valence-electron chi connectivity index (χ0n) is 10.1. The quantitative estimate of drug-likeness (QED) is 0.799. The van der Waals surface area contributed by atoms with Gasteiger partial charge in [-0.25, -0.2) is 4.98 Å². The standard InChI is InChI=1S/C13H20N2O/c1-3-4-11-7-12(11)14-8-10-5-6-13(16-2)15-9-10/h5-6,9,11-12,14H,3-4,7-8H2,1-2H3. The average molecular weight is 220 g/mol. The Labute approximate surface area is 97.2 Å². The number of nitrogens with one attached hydrogen (secondary N) is 1. The van der Waals surface area contributed by atoms with Crippen LogP contribution in [0.15, 0.2) is 18.3 Å². The van der Waals surface area contributed by atoms with Crippen LogP contribution in [0.5, 0.6) is 5.88 Å². The molecule has 0 aromatic carbocycles. The first-order valence-corrected chi connectivity index (χ1v) is 6.05. The van der Waals surface area contributed by atoms with Gasteiger partial charge in [0.2, 0.25) is 5.88 Å². The average Bonchev–Trinajstić information content (AvgIpc) is 3.06. The number of methoxy groups -OCH3 is 1. The molecule has 88 valence electrons. The van der Waals surface area contributed by atoms with Crippen LogP contribution in [0.2, 0.25) is 0 Å². The Morgan fingerprint density at radius 2 is 2.38 bits per heavy atom. The van der Waals surface area contributed by atoms with Crippen LogP contribution < -0.4 is 10.1 Å². The summed E-state index contributed by atoms with van der Waals surface area (Å²) in [7, 11) is 1.64. The van der Waals surface area contributed by atoms with E-state index in [1.165, 1.54) is 24.8 Å². The first-order valence-electron chi connectivity index (χ1n) is 6.05. The summed E-state index contributed by atoms with van der Waals surface area (Å²) in [5, 5.41) is 3.56. The number of nitrogens with zero attached hydrogens (tertiary/aromatic N) is 1. The molecule has 1 N–H and O–H groups in total. The number of aromatic nitrogens is 1. The van der Waals surface area contributed by atoms with Crippen molar-refractivity contribution in [3.05, 3.63) is 23.9 Å². The summed E-state index contributed by atoms with van der Waals surface area (Å²) < 4.78 is 5.02. The van der Waals surface area contributed by atoms with Crippen molar-refractivity contribution in [2.45, 2.75) is 38.8 Å². The third-order valence-electron chi connectivity index (χ3n) is 3.16. The molecule has 0 spiro atoms. The van der Waals surface area contributed by atoms with Gasteiger partial charge in [-0.15, -0.1) is 0 Å². The van der Waals surface area contributed by atoms with Crippen molar-refractivity contribution in [1.29, 1.82) is 0 Å². The second-order valence-corrected chi connectivity index (χ2v) is 4.48. The van der Waals surface area contributed by atoms with E-state index in [0.29, 0.717) is 5.88 Å². The van der Waals surface area contributed by atoms with Gasteiger partial charge in [0.25, 0.3) is 0 Å². The Morgan fingerprint density at radius 1 is 1.50 bits per heavy atom. The van der Waals surface area contributed by atoms with Gasteiger partial charge in [0.05, 0.1) is 7.11 Å². The van der Waals surface area contributed by atoms with Crippen molar-refractivity contribution in [3.63, 3.8) is 0 Å². The summed E-state index contributed by atoms with van der Waals surface area (Å²) in [5.74, 6) is 1.59. The van der Waals surface area contributed by atoms with Crippen molar-refractivity contribution >= 4 is 0 Å². The van der Waals surface area contributed by atoms with E-state index in [4.69, 9.17) is 4.74 Å². The highest BCUT2D eigenvalue weighted by molar-refractivity contribution is 5.17. The van der Waals surface area contributed by atoms with Crippen LogP contribution in [0.4, 0.5) is 0 Å². The van der Waals surface area contributed by atoms with Crippen LogP contribution in [-0.2, 0) is 6.54 Å². The zero-order chi connectivity index (χ0) is 11.4. The molecule has 1 aromatic heterocycles. The van der Waals surface area contributed by atoms with E-state index in [1.807, 2.05) is 12.3 Å². The molecule has 0 bridgehead atoms. The van der Waals surface area contributed by atoms with Gasteiger partial charge in [0.1, 0.15) is 0 Å². The Bertz CT molecular complexity index is 323. The van der Waals surface area contributed by atoms with Gasteiger partial charge >= 0.3 is 0 Å². The van der Waals surface area contributed by atoms with Gasteiger partial charge in [-0.05, 0) is 24.3 Å². The van der Waals surface area contributed by atoms with Crippen LogP contribution in [0.1, 0.15) is 31.7 Å². The normalized spacial score (nSPS) is 23.1. The van der Waals surface area contributed by atoms with E-state index in [2.05, 4.69) is 23.3 Å². The SMILES string of the molecule is CCCC1CC1NCc1ccc(OC)nc1. The fourth-order valence-electron chi connectivity index (χ4n) is 2.07. The van der Waals surface area contributed by atoms with Crippen molar-refractivity contribution in [2.75, 3.05) is 7.11 Å². The molecule has 0 amide bonds. The highest BCUT2D eigenvalue weighted by atomic mass is 16.5. The molecule has 1 heterocycles. The lowest BCUT2D eigenvalue weighted by Gasteiger charge is -2.04. The maximum absolute atomic E-state index is 5.02. The fourth-order valence-corrected chi connectivity index (χ4v) is 2.07. The van der Waals surface area contributed by atoms with E-state index < -0.39 is 0 Å². The molecule has 3 nitrogen and oxygen atoms in total. The Hall–Kier alpha value is -1.09. The van der Waals surface area contributed by atoms with Crippen molar-refractivity contribution < 1.29 is 4.74 Å². The van der Waals surface area contributed by atoms with Gasteiger partial charge in [-0.1, -0.05) is 19.4 Å². The molecule has 1 aliphatic rings. The molecule has 16 heavy (non-hydrogen) atoms. The fraction of sp³-hybridized carbons (Fsp3) is 0.615. The lowest BCUT2D eigenvalue weighted by molar-refractivity contribution is 0.397. The number of hydrogen-bond donors (Lipinski definition) is 1. The maximum Gasteiger partial charge on any atom is 0.212 e. The highest BCUT2D eigenvalue weighted by Gasteiger charge is 2.35. The molecule has 2 rings (SSSR count). The van der Waals surface area contributed by atoms with E-state index >= 15 is 0 Å². The van der Waals surface area contributed by atoms with Gasteiger partial charge in [0.15, 0.2) is 0 Å². The molecule has 2 atom stereocenters. The second kappa shape index (κ2) is 5.30. The van der Waals surface area contributed by atoms with Gasteiger partial charge < -0.3 is 10.1 Å². The monoisotopic (exact) mass is 220 g/mol. The molecule has 3 heteroatoms. The summed E-state index contributed by atoms with van der Waals surface area (Å²) >= 11 is 0. The summed E-state index contributed by atoms with van der Waals surface area (Å²) in [6, 6.07) is 4.71. The Kier molecular flexibility index (Phi) is 3.78. The van der Waals surface area contributed by atoms with Crippen LogP contribution in [0.3, 0.4) is 0 Å². The number of hydrogen-bond acceptors (Lipinski definition) is 3. The van der Waals surface area contributed by atoms with Crippen molar-refractivity contribution in [1.82, 2.24) is 10.3 Å². The predicted octanol–water partition coefficient (Wildman–Crippen LogP) is 2.37. The number of rotatable bonds is 6. The maximum atomic E-state index is 5.02. The lowest BCUT2D eigenvalue weighted by atomic mass is 10.2. The summed E-state index contributed by atoms with van der Waals surface area (Å²) in [6.45, 7) is 3.17. The van der Waals surface area contributed by atoms with Crippen LogP contribution in [-0.4, -0.2) is 18.1 Å². The van der Waals surface area contributed by atoms with E-state index in [0.717, 1.165) is 18.5 Å². The minimum absolute atomic E-state index is 0.680. The molecule has 1 aliphatic carbocycles. The summed E-state index contributed by atoms with van der Waals surface area (Å²) in [4.78, 5) is 4.19. The predicted molar refractivity (Wildman–Crippen MR) is 64.4 cm³/mol. The van der Waals surface area contributed by atoms with Gasteiger partial charge in [-0.3, -0.25) is 0 Å². The van der Waals surface area contributed by atoms with E-state index in [-0.39, 0.29) is 0 Å². The Morgan fingerprint density at radius 3 is 3.00 bits per heavy atom. The summed E-state index contributed by atoms with van der Waals surface area (Å²) in [6.07, 6.45) is 5.88. The molecule has 1 fully saturated rings. The third kappa shape index (κ3) is 2.95. The molecular weight excluding hydrogens is 200 g/mol. The number of ether oxygens (including phenoxy) is 1. The van der Waals surface area contributed by atoms with Gasteiger partial charge in [-0.2, -0.15) is 0 Å². The minimum atomic E-state index is 0.680. The van der Waals surface area contributed by atoms with E-state index in [9.17, 15) is 0 Å². The van der Waals surface area contributed by atoms with Crippen molar-refractivity contribution in [3.8, 4) is 5.88 Å². The minimum Gasteiger partial charge on any atom is -0.481 e. The molecule has 0 aliphatic heterocycles. The van der Waals surface area contributed by atoms with Crippen LogP contribution >= 0.6 is 0 Å². The smallest absolute Gasteiger partial charge is 0.212 e. The second-order valence-electron chi connectivity index (χ2n) is 4.48. The lowest BCUT2D eigenvalue weighted by Crippen LogP contribution is -2.17. The first-order chi connectivity index (χ1) is 7.83. The van der Waals surface area contributed by atoms with E-state index in [1.54, 1.807) is 7.11 Å². The molecule has 0 radical (unpaired) electrons. The van der Waals surface area contributed by atoms with Crippen LogP contribution in [0, 0.1) is 5.92 Å². The van der Waals surface area contributed by atoms with Crippen molar-refractivity contribution in [2.24, 2.45) is 5.92 Å². The summed E-state index contributed by atoms with van der Waals surface area (Å²) in [5.41, 5.74) is 1.22. The molecule has 0 saturated heterocycles. The zero-order valence-corrected chi connectivity index (χ0v) is 10.1. The largest absolute Gasteiger partial charge is 0.481 e. The third-order valence-corrected chi connectivity index (χ3v) is 3.16. The van der Waals surface area contributed by atoms with Gasteiger partial charge in [0, 0.05) is 24.8 Å². The molecule has 1 aromatic rings.